The van der Waals surface area contributed by atoms with Gasteiger partial charge in [0, 0.05) is 23.4 Å². The first-order valence-electron chi connectivity index (χ1n) is 8.34. The molecule has 1 aromatic heterocycles. The van der Waals surface area contributed by atoms with Gasteiger partial charge in [0.25, 0.3) is 5.91 Å². The van der Waals surface area contributed by atoms with E-state index in [1.54, 1.807) is 10.8 Å². The number of thioether (sulfide) groups is 2. The number of carboxylic acid groups (broad SMARTS) is 1. The van der Waals surface area contributed by atoms with Crippen LogP contribution in [0.2, 0.25) is 0 Å². The van der Waals surface area contributed by atoms with Gasteiger partial charge in [0.15, 0.2) is 10.8 Å². The molecule has 0 aliphatic carbocycles. The minimum atomic E-state index is -1.05. The maximum Gasteiger partial charge on any atom is 0.313 e. The lowest BCUT2D eigenvalue weighted by molar-refractivity contribution is -0.157. The second-order valence-corrected chi connectivity index (χ2v) is 9.33. The van der Waals surface area contributed by atoms with Gasteiger partial charge in [-0.1, -0.05) is 11.7 Å². The van der Waals surface area contributed by atoms with Gasteiger partial charge in [0.2, 0.25) is 5.91 Å². The number of nitrogen functional groups attached to an aromatic ring is 1. The Kier molecular flexibility index (Phi) is 6.39. The molecular weight excluding hydrogens is 438 g/mol. The summed E-state index contributed by atoms with van der Waals surface area (Å²) >= 11 is 3.79. The van der Waals surface area contributed by atoms with Crippen LogP contribution in [0.4, 0.5) is 5.13 Å². The van der Waals surface area contributed by atoms with Crippen molar-refractivity contribution in [2.45, 2.75) is 11.4 Å². The molecule has 10 nitrogen and oxygen atoms in total. The Balaban J connectivity index is 1.70. The fourth-order valence-electron chi connectivity index (χ4n) is 3.03. The van der Waals surface area contributed by atoms with Crippen LogP contribution in [0.25, 0.3) is 0 Å². The minimum absolute atomic E-state index is 0.0882. The number of rotatable bonds is 8. The molecule has 2 aliphatic rings. The summed E-state index contributed by atoms with van der Waals surface area (Å²) in [5.41, 5.74) is 4.72. The van der Waals surface area contributed by atoms with Crippen LogP contribution in [0, 0.1) is 5.41 Å². The van der Waals surface area contributed by atoms with Crippen LogP contribution in [0.15, 0.2) is 22.5 Å². The van der Waals surface area contributed by atoms with Gasteiger partial charge in [-0.25, -0.2) is 4.98 Å². The number of carboxylic acids is 1. The van der Waals surface area contributed by atoms with Crippen molar-refractivity contribution >= 4 is 63.5 Å². The SMILES string of the molecule is C=CSCC1(C(=O)O)CS[C@@H]2C(NC(=O)C(=NOC)c3csc(N)n3)C(=O)N2C1. The molecule has 0 aromatic carbocycles. The number of anilines is 1. The number of aromatic nitrogens is 1. The molecule has 3 heterocycles. The van der Waals surface area contributed by atoms with Gasteiger partial charge in [-0.05, 0) is 5.41 Å². The third kappa shape index (κ3) is 4.07. The lowest BCUT2D eigenvalue weighted by Gasteiger charge is -2.53. The molecule has 3 rings (SSSR count). The van der Waals surface area contributed by atoms with Gasteiger partial charge in [-0.15, -0.1) is 34.9 Å². The van der Waals surface area contributed by atoms with Gasteiger partial charge in [0.05, 0.1) is 0 Å². The molecule has 2 saturated heterocycles. The number of aliphatic carboxylic acids is 1. The summed E-state index contributed by atoms with van der Waals surface area (Å²) in [6.07, 6.45) is 0. The van der Waals surface area contributed by atoms with Crippen LogP contribution < -0.4 is 11.1 Å². The van der Waals surface area contributed by atoms with Crippen molar-refractivity contribution in [3.05, 3.63) is 23.1 Å². The van der Waals surface area contributed by atoms with Gasteiger partial charge in [0.1, 0.15) is 29.6 Å². The first-order chi connectivity index (χ1) is 13.8. The fourth-order valence-corrected chi connectivity index (χ4v) is 6.00. The Morgan fingerprint density at radius 1 is 1.66 bits per heavy atom. The lowest BCUT2D eigenvalue weighted by Crippen LogP contribution is -2.74. The van der Waals surface area contributed by atoms with Gasteiger partial charge >= 0.3 is 5.97 Å². The van der Waals surface area contributed by atoms with Crippen LogP contribution in [0.1, 0.15) is 5.69 Å². The molecule has 2 unspecified atom stereocenters. The first-order valence-corrected chi connectivity index (χ1v) is 11.3. The van der Waals surface area contributed by atoms with Crippen molar-refractivity contribution in [3.8, 4) is 0 Å². The molecule has 0 saturated carbocycles. The van der Waals surface area contributed by atoms with Crippen molar-refractivity contribution in [1.29, 1.82) is 0 Å². The van der Waals surface area contributed by atoms with Gasteiger partial charge in [-0.3, -0.25) is 14.4 Å². The normalized spacial score (nSPS) is 26.3. The number of β-lactam (4-membered cyclic amide) rings is 1. The second-order valence-electron chi connectivity index (χ2n) is 6.38. The number of thiazole rings is 1. The number of nitrogens with zero attached hydrogens (tertiary/aromatic N) is 3. The Labute approximate surface area is 178 Å². The average molecular weight is 458 g/mol. The predicted molar refractivity (Wildman–Crippen MR) is 113 cm³/mol. The van der Waals surface area contributed by atoms with E-state index in [4.69, 9.17) is 10.6 Å². The highest BCUT2D eigenvalue weighted by atomic mass is 32.2. The molecular formula is C16H19N5O5S3. The molecule has 0 bridgehead atoms. The molecule has 29 heavy (non-hydrogen) atoms. The Morgan fingerprint density at radius 3 is 3.00 bits per heavy atom. The quantitative estimate of drug-likeness (QED) is 0.287. The number of carbonyl (C=O) groups is 3. The number of hydrogen-bond acceptors (Lipinski definition) is 10. The molecule has 0 radical (unpaired) electrons. The van der Waals surface area contributed by atoms with Crippen LogP contribution >= 0.6 is 34.9 Å². The van der Waals surface area contributed by atoms with E-state index in [-0.39, 0.29) is 34.4 Å². The van der Waals surface area contributed by atoms with E-state index in [1.165, 1.54) is 35.5 Å². The maximum absolute atomic E-state index is 12.7. The van der Waals surface area contributed by atoms with Crippen LogP contribution in [-0.2, 0) is 19.2 Å². The average Bonchev–Trinajstić information content (AvgIpc) is 3.13. The Morgan fingerprint density at radius 2 is 2.41 bits per heavy atom. The largest absolute Gasteiger partial charge is 0.481 e. The van der Waals surface area contributed by atoms with Crippen molar-refractivity contribution < 1.29 is 24.3 Å². The lowest BCUT2D eigenvalue weighted by atomic mass is 9.89. The van der Waals surface area contributed by atoms with Crippen molar-refractivity contribution in [3.63, 3.8) is 0 Å². The van der Waals surface area contributed by atoms with E-state index in [1.807, 2.05) is 0 Å². The number of oxime groups is 1. The highest BCUT2D eigenvalue weighted by Gasteiger charge is 2.57. The van der Waals surface area contributed by atoms with E-state index >= 15 is 0 Å². The van der Waals surface area contributed by atoms with E-state index in [2.05, 4.69) is 22.0 Å². The number of fused-ring (bicyclic) bond motifs is 1. The summed E-state index contributed by atoms with van der Waals surface area (Å²) in [7, 11) is 1.29. The summed E-state index contributed by atoms with van der Waals surface area (Å²) in [6.45, 7) is 3.69. The van der Waals surface area contributed by atoms with Crippen LogP contribution in [0.5, 0.6) is 0 Å². The van der Waals surface area contributed by atoms with E-state index in [0.717, 1.165) is 11.3 Å². The highest BCUT2D eigenvalue weighted by Crippen LogP contribution is 2.43. The van der Waals surface area contributed by atoms with Gasteiger partial charge in [-0.2, -0.15) is 0 Å². The van der Waals surface area contributed by atoms with Crippen molar-refractivity contribution in [2.75, 3.05) is 30.9 Å². The summed E-state index contributed by atoms with van der Waals surface area (Å²) in [4.78, 5) is 47.3. The molecule has 2 amide bonds. The monoisotopic (exact) mass is 457 g/mol. The maximum atomic E-state index is 12.7. The molecule has 13 heteroatoms. The Hall–Kier alpha value is -2.25. The third-order valence-corrected chi connectivity index (χ3v) is 7.74. The Bertz CT molecular complexity index is 875. The summed E-state index contributed by atoms with van der Waals surface area (Å²) in [5.74, 6) is -1.26. The first kappa shape index (κ1) is 21.5. The fraction of sp³-hybridized carbons (Fsp3) is 0.438. The van der Waals surface area contributed by atoms with Gasteiger partial charge < -0.3 is 25.9 Å². The molecule has 1 aromatic rings. The smallest absolute Gasteiger partial charge is 0.313 e. The standard InChI is InChI=1S/C16H19N5O5S3/c1-3-27-6-16(14(24)25)5-21-12(23)10(13(21)29-7-16)19-11(22)9(20-26-2)8-4-28-15(17)18-8/h3-4,10,13H,1,5-7H2,2H3,(H2,17,18)(H,19,22)(H,24,25)/t10?,13-,16?/m1/s1. The number of amides is 2. The van der Waals surface area contributed by atoms with E-state index in [9.17, 15) is 19.5 Å². The minimum Gasteiger partial charge on any atom is -0.481 e. The van der Waals surface area contributed by atoms with Crippen LogP contribution in [0.3, 0.4) is 0 Å². The molecule has 3 atom stereocenters. The zero-order valence-corrected chi connectivity index (χ0v) is 17.8. The summed E-state index contributed by atoms with van der Waals surface area (Å²) < 4.78 is 0. The second kappa shape index (κ2) is 8.63. The zero-order chi connectivity index (χ0) is 21.2. The number of nitrogens with one attached hydrogen (secondary N) is 1. The zero-order valence-electron chi connectivity index (χ0n) is 15.4. The van der Waals surface area contributed by atoms with E-state index < -0.39 is 23.3 Å². The molecule has 4 N–H and O–H groups in total. The number of nitrogens with two attached hydrogens (primary N) is 1. The van der Waals surface area contributed by atoms with E-state index in [0.29, 0.717) is 11.5 Å². The number of carbonyl (C=O) groups excluding carboxylic acids is 2. The van der Waals surface area contributed by atoms with Crippen molar-refractivity contribution in [2.24, 2.45) is 10.6 Å². The highest BCUT2D eigenvalue weighted by molar-refractivity contribution is 8.02. The molecule has 2 aliphatic heterocycles. The predicted octanol–water partition coefficient (Wildman–Crippen LogP) is 0.423. The molecule has 156 valence electrons. The topological polar surface area (TPSA) is 147 Å². The summed E-state index contributed by atoms with van der Waals surface area (Å²) in [5, 5.41) is 19.1. The molecule has 2 fully saturated rings. The third-order valence-electron chi connectivity index (χ3n) is 4.52. The van der Waals surface area contributed by atoms with Crippen LogP contribution in [-0.4, -0.2) is 75.1 Å². The molecule has 0 spiro atoms. The summed E-state index contributed by atoms with van der Waals surface area (Å²) in [6, 6.07) is -0.774. The number of hydrogen-bond donors (Lipinski definition) is 3. The van der Waals surface area contributed by atoms with Crippen molar-refractivity contribution in [1.82, 2.24) is 15.2 Å².